The van der Waals surface area contributed by atoms with Gasteiger partial charge >= 0.3 is 5.97 Å². The highest BCUT2D eigenvalue weighted by Gasteiger charge is 2.26. The summed E-state index contributed by atoms with van der Waals surface area (Å²) >= 11 is 0. The Balaban J connectivity index is 2.07. The van der Waals surface area contributed by atoms with E-state index < -0.39 is 11.0 Å². The van der Waals surface area contributed by atoms with E-state index in [1.807, 2.05) is 11.5 Å². The summed E-state index contributed by atoms with van der Waals surface area (Å²) in [7, 11) is 0. The minimum Gasteiger partial charge on any atom is -0.464 e. The van der Waals surface area contributed by atoms with Crippen molar-refractivity contribution >= 4 is 11.7 Å². The van der Waals surface area contributed by atoms with Crippen LogP contribution in [0.1, 0.15) is 44.0 Å². The number of carbonyl (C=O) groups excluding carboxylic acids is 1. The molecule has 0 saturated carbocycles. The molecule has 132 valence electrons. The van der Waals surface area contributed by atoms with Crippen LogP contribution in [0.25, 0.3) is 11.3 Å². The number of fused-ring (bicyclic) bond motifs is 1. The van der Waals surface area contributed by atoms with Crippen molar-refractivity contribution in [2.75, 3.05) is 6.61 Å². The molecule has 1 aliphatic carbocycles. The molecule has 0 amide bonds. The number of rotatable bonds is 5. The quantitative estimate of drug-likeness (QED) is 0.466. The van der Waals surface area contributed by atoms with E-state index in [-0.39, 0.29) is 11.7 Å². The minimum atomic E-state index is -0.424. The maximum absolute atomic E-state index is 12.3. The van der Waals surface area contributed by atoms with Crippen LogP contribution in [0.4, 0.5) is 5.69 Å². The summed E-state index contributed by atoms with van der Waals surface area (Å²) in [4.78, 5) is 22.8. The lowest BCUT2D eigenvalue weighted by Gasteiger charge is -2.22. The Morgan fingerprint density at radius 3 is 2.60 bits per heavy atom. The predicted octanol–water partition coefficient (Wildman–Crippen LogP) is 4.07. The Morgan fingerprint density at radius 1 is 1.28 bits per heavy atom. The van der Waals surface area contributed by atoms with Crippen molar-refractivity contribution in [1.82, 2.24) is 4.57 Å². The molecular weight excluding hydrogens is 320 g/mol. The van der Waals surface area contributed by atoms with E-state index in [0.29, 0.717) is 6.61 Å². The van der Waals surface area contributed by atoms with Crippen LogP contribution >= 0.6 is 0 Å². The fourth-order valence-corrected chi connectivity index (χ4v) is 3.51. The van der Waals surface area contributed by atoms with Gasteiger partial charge in [0, 0.05) is 23.5 Å². The number of aryl methyl sites for hydroxylation is 1. The maximum atomic E-state index is 12.3. The third-order valence-electron chi connectivity index (χ3n) is 4.73. The number of benzene rings is 1. The van der Waals surface area contributed by atoms with Crippen molar-refractivity contribution in [1.29, 1.82) is 0 Å². The fourth-order valence-electron chi connectivity index (χ4n) is 3.51. The highest BCUT2D eigenvalue weighted by Crippen LogP contribution is 2.34. The van der Waals surface area contributed by atoms with Crippen molar-refractivity contribution in [3.63, 3.8) is 0 Å². The second-order valence-corrected chi connectivity index (χ2v) is 6.31. The van der Waals surface area contributed by atoms with Crippen molar-refractivity contribution in [3.05, 3.63) is 51.7 Å². The van der Waals surface area contributed by atoms with Gasteiger partial charge in [0.05, 0.1) is 11.5 Å². The number of non-ortho nitro benzene ring substituents is 1. The van der Waals surface area contributed by atoms with E-state index in [4.69, 9.17) is 4.74 Å². The summed E-state index contributed by atoms with van der Waals surface area (Å²) in [5, 5.41) is 10.9. The number of hydrogen-bond acceptors (Lipinski definition) is 4. The first kappa shape index (κ1) is 17.2. The molecule has 1 atom stereocenters. The number of hydrogen-bond donors (Lipinski definition) is 0. The molecule has 25 heavy (non-hydrogen) atoms. The van der Waals surface area contributed by atoms with Gasteiger partial charge in [0.25, 0.3) is 5.69 Å². The first-order chi connectivity index (χ1) is 12.0. The molecule has 1 aliphatic rings. The minimum absolute atomic E-state index is 0.0602. The zero-order valence-corrected chi connectivity index (χ0v) is 14.5. The second-order valence-electron chi connectivity index (χ2n) is 6.31. The van der Waals surface area contributed by atoms with Crippen molar-refractivity contribution in [2.45, 2.75) is 45.6 Å². The van der Waals surface area contributed by atoms with Gasteiger partial charge in [-0.1, -0.05) is 0 Å². The first-order valence-electron chi connectivity index (χ1n) is 8.67. The summed E-state index contributed by atoms with van der Waals surface area (Å²) < 4.78 is 7.26. The Morgan fingerprint density at radius 2 is 1.96 bits per heavy atom. The molecule has 2 aromatic rings. The zero-order chi connectivity index (χ0) is 18.0. The molecule has 0 N–H and O–H groups in total. The number of carbonyl (C=O) groups is 1. The number of esters is 1. The van der Waals surface area contributed by atoms with Crippen LogP contribution in [0.15, 0.2) is 30.3 Å². The second kappa shape index (κ2) is 7.09. The van der Waals surface area contributed by atoms with Crippen LogP contribution in [0.3, 0.4) is 0 Å². The van der Waals surface area contributed by atoms with E-state index in [1.165, 1.54) is 23.4 Å². The van der Waals surface area contributed by atoms with E-state index in [9.17, 15) is 14.9 Å². The third-order valence-corrected chi connectivity index (χ3v) is 4.73. The van der Waals surface area contributed by atoms with Gasteiger partial charge in [-0.2, -0.15) is 0 Å². The summed E-state index contributed by atoms with van der Waals surface area (Å²) in [6.45, 7) is 3.99. The lowest BCUT2D eigenvalue weighted by molar-refractivity contribution is -0.384. The van der Waals surface area contributed by atoms with Gasteiger partial charge in [0.1, 0.15) is 6.04 Å². The monoisotopic (exact) mass is 342 g/mol. The van der Waals surface area contributed by atoms with E-state index in [2.05, 4.69) is 6.07 Å². The van der Waals surface area contributed by atoms with Gasteiger partial charge in [0.2, 0.25) is 0 Å². The van der Waals surface area contributed by atoms with Crippen LogP contribution in [0, 0.1) is 10.1 Å². The molecule has 6 heteroatoms. The van der Waals surface area contributed by atoms with Gasteiger partial charge in [-0.3, -0.25) is 10.1 Å². The lowest BCUT2D eigenvalue weighted by Crippen LogP contribution is -2.22. The van der Waals surface area contributed by atoms with Gasteiger partial charge in [-0.15, -0.1) is 0 Å². The number of nitro groups is 1. The number of nitro benzene ring substituents is 1. The van der Waals surface area contributed by atoms with Gasteiger partial charge in [0.15, 0.2) is 0 Å². The fraction of sp³-hybridized carbons (Fsp3) is 0.421. The van der Waals surface area contributed by atoms with Crippen molar-refractivity contribution in [3.8, 4) is 11.3 Å². The number of nitrogens with zero attached hydrogens (tertiary/aromatic N) is 2. The topological polar surface area (TPSA) is 74.4 Å². The molecule has 0 radical (unpaired) electrons. The first-order valence-corrected chi connectivity index (χ1v) is 8.67. The molecular formula is C19H22N2O4. The molecule has 1 aromatic carbocycles. The Kier molecular flexibility index (Phi) is 4.88. The summed E-state index contributed by atoms with van der Waals surface area (Å²) in [6, 6.07) is 8.18. The standard InChI is InChI=1S/C19H22N2O4/c1-3-25-19(22)13(2)20-17-7-5-4-6-15(17)12-18(20)14-8-10-16(11-9-14)21(23)24/h8-13H,3-7H2,1-2H3/t13-/m1/s1. The largest absolute Gasteiger partial charge is 0.464 e. The molecule has 0 saturated heterocycles. The van der Waals surface area contributed by atoms with Crippen LogP contribution in [-0.4, -0.2) is 22.1 Å². The van der Waals surface area contributed by atoms with Crippen LogP contribution in [0.2, 0.25) is 0 Å². The van der Waals surface area contributed by atoms with Gasteiger partial charge < -0.3 is 9.30 Å². The summed E-state index contributed by atoms with van der Waals surface area (Å²) in [5.74, 6) is -0.255. The normalized spacial score (nSPS) is 14.6. The average Bonchev–Trinajstić information content (AvgIpc) is 3.00. The van der Waals surface area contributed by atoms with E-state index in [1.54, 1.807) is 19.1 Å². The van der Waals surface area contributed by atoms with Crippen LogP contribution in [0.5, 0.6) is 0 Å². The Hall–Kier alpha value is -2.63. The summed E-state index contributed by atoms with van der Waals surface area (Å²) in [5.41, 5.74) is 4.29. The average molecular weight is 342 g/mol. The highest BCUT2D eigenvalue weighted by atomic mass is 16.6. The molecule has 6 nitrogen and oxygen atoms in total. The molecule has 0 aliphatic heterocycles. The Labute approximate surface area is 146 Å². The number of ether oxygens (including phenoxy) is 1. The smallest absolute Gasteiger partial charge is 0.328 e. The van der Waals surface area contributed by atoms with E-state index in [0.717, 1.165) is 36.9 Å². The molecule has 0 unspecified atom stereocenters. The van der Waals surface area contributed by atoms with E-state index >= 15 is 0 Å². The molecule has 1 aromatic heterocycles. The zero-order valence-electron chi connectivity index (χ0n) is 14.5. The third kappa shape index (κ3) is 3.29. The highest BCUT2D eigenvalue weighted by molar-refractivity contribution is 5.76. The molecule has 1 heterocycles. The summed E-state index contributed by atoms with van der Waals surface area (Å²) in [6.07, 6.45) is 4.18. The van der Waals surface area contributed by atoms with Crippen LogP contribution in [-0.2, 0) is 22.4 Å². The van der Waals surface area contributed by atoms with Gasteiger partial charge in [-0.05, 0) is 68.9 Å². The van der Waals surface area contributed by atoms with Crippen molar-refractivity contribution in [2.24, 2.45) is 0 Å². The Bertz CT molecular complexity index is 793. The molecule has 0 spiro atoms. The predicted molar refractivity (Wildman–Crippen MR) is 94.5 cm³/mol. The molecule has 0 fully saturated rings. The maximum Gasteiger partial charge on any atom is 0.328 e. The SMILES string of the molecule is CCOC(=O)[C@@H](C)n1c(-c2ccc([N+](=O)[O-])cc2)cc2c1CCCC2. The van der Waals surface area contributed by atoms with Gasteiger partial charge in [-0.25, -0.2) is 4.79 Å². The molecule has 3 rings (SSSR count). The van der Waals surface area contributed by atoms with Crippen molar-refractivity contribution < 1.29 is 14.5 Å². The number of aromatic nitrogens is 1. The lowest BCUT2D eigenvalue weighted by atomic mass is 9.97. The van der Waals surface area contributed by atoms with Crippen LogP contribution < -0.4 is 0 Å². The molecule has 0 bridgehead atoms.